The maximum atomic E-state index is 16.2. The number of carbonyl (C=O) groups excluding carboxylic acids is 4. The van der Waals surface area contributed by atoms with E-state index in [4.69, 9.17) is 0 Å². The Labute approximate surface area is 306 Å². The number of alkyl halides is 18. The van der Waals surface area contributed by atoms with Crippen molar-refractivity contribution in [2.24, 2.45) is 0 Å². The highest BCUT2D eigenvalue weighted by Crippen LogP contribution is 2.62. The quantitative estimate of drug-likeness (QED) is 0.0738. The zero-order chi connectivity index (χ0) is 43.8. The monoisotopic (exact) mass is 854 g/mol. The first kappa shape index (κ1) is 40.6. The topological polar surface area (TPSA) is 74.8 Å². The molecule has 6 nitrogen and oxygen atoms in total. The summed E-state index contributed by atoms with van der Waals surface area (Å²) < 4.78 is 263. The molecule has 0 N–H and O–H groups in total. The van der Waals surface area contributed by atoms with Crippen LogP contribution in [-0.4, -0.2) is 83.6 Å². The first-order chi connectivity index (χ1) is 26.1. The summed E-state index contributed by atoms with van der Waals surface area (Å²) in [4.78, 5) is 53.2. The number of imide groups is 2. The van der Waals surface area contributed by atoms with Crippen LogP contribution < -0.4 is 0 Å². The Balaban J connectivity index is 1.82. The molecule has 58 heavy (non-hydrogen) atoms. The summed E-state index contributed by atoms with van der Waals surface area (Å²) >= 11 is 0. The summed E-state index contributed by atoms with van der Waals surface area (Å²) in [7, 11) is 1.25. The Morgan fingerprint density at radius 1 is 0.362 bits per heavy atom. The van der Waals surface area contributed by atoms with Gasteiger partial charge in [-0.2, -0.15) is 79.0 Å². The number of amides is 4. The Kier molecular flexibility index (Phi) is 7.79. The van der Waals surface area contributed by atoms with E-state index in [1.54, 1.807) is 0 Å². The SMILES string of the molecule is CN1C(=O)c2ccc3c4c(C(F)(F)C(F)(F)C(F)(F)C(F)(F)F)cc5c6c(ccc(c7c(C(F)(F)C(F)(F)C(F)(F)C(F)(F)F)cc(c2c37)C1=O)c64)C(=O)N(C)C5=O. The highest BCUT2D eigenvalue weighted by atomic mass is 19.4. The molecule has 7 rings (SSSR count). The molecule has 0 aromatic heterocycles. The fourth-order valence-electron chi connectivity index (χ4n) is 7.29. The van der Waals surface area contributed by atoms with Gasteiger partial charge < -0.3 is 0 Å². The minimum atomic E-state index is -7.63. The van der Waals surface area contributed by atoms with Crippen molar-refractivity contribution >= 4 is 66.7 Å². The van der Waals surface area contributed by atoms with Crippen molar-refractivity contribution < 1.29 is 98.2 Å². The summed E-state index contributed by atoms with van der Waals surface area (Å²) in [6.45, 7) is 0. The Bertz CT molecular complexity index is 2550. The van der Waals surface area contributed by atoms with E-state index in [1.165, 1.54) is 0 Å². The predicted octanol–water partition coefficient (Wildman–Crippen LogP) is 10.0. The second-order valence-corrected chi connectivity index (χ2v) is 13.3. The van der Waals surface area contributed by atoms with Gasteiger partial charge in [0.05, 0.1) is 0 Å². The minimum absolute atomic E-state index is 0.0822. The molecule has 5 aromatic rings. The predicted molar refractivity (Wildman–Crippen MR) is 160 cm³/mol. The molecule has 0 unspecified atom stereocenters. The van der Waals surface area contributed by atoms with Gasteiger partial charge >= 0.3 is 47.9 Å². The second-order valence-electron chi connectivity index (χ2n) is 13.3. The van der Waals surface area contributed by atoms with Crippen LogP contribution in [0.5, 0.6) is 0 Å². The molecule has 5 aromatic carbocycles. The molecule has 0 fully saturated rings. The van der Waals surface area contributed by atoms with Gasteiger partial charge in [0.25, 0.3) is 23.6 Å². The smallest absolute Gasteiger partial charge is 0.277 e. The summed E-state index contributed by atoms with van der Waals surface area (Å²) in [5.74, 6) is -50.4. The molecule has 308 valence electrons. The molecule has 0 radical (unpaired) electrons. The van der Waals surface area contributed by atoms with Crippen molar-refractivity contribution in [3.8, 4) is 0 Å². The molecule has 2 aliphatic rings. The van der Waals surface area contributed by atoms with Crippen LogP contribution in [0.3, 0.4) is 0 Å². The molecular weight excluding hydrogens is 842 g/mol. The van der Waals surface area contributed by atoms with Crippen LogP contribution in [0, 0.1) is 0 Å². The molecule has 2 aliphatic heterocycles. The number of fused-ring (bicyclic) bond motifs is 2. The summed E-state index contributed by atoms with van der Waals surface area (Å²) in [5.41, 5.74) is -9.86. The van der Waals surface area contributed by atoms with Crippen LogP contribution in [0.25, 0.3) is 43.1 Å². The lowest BCUT2D eigenvalue weighted by Gasteiger charge is -2.37. The van der Waals surface area contributed by atoms with Gasteiger partial charge in [0.1, 0.15) is 0 Å². The Hall–Kier alpha value is -5.58. The van der Waals surface area contributed by atoms with E-state index in [0.717, 1.165) is 0 Å². The summed E-state index contributed by atoms with van der Waals surface area (Å²) in [5, 5.41) is -11.3. The molecule has 0 aliphatic carbocycles. The zero-order valence-electron chi connectivity index (χ0n) is 27.8. The van der Waals surface area contributed by atoms with Gasteiger partial charge in [-0.25, -0.2) is 0 Å². The normalized spacial score (nSPS) is 16.7. The van der Waals surface area contributed by atoms with Gasteiger partial charge in [0.2, 0.25) is 0 Å². The fraction of sp³-hybridized carbons (Fsp3) is 0.294. The van der Waals surface area contributed by atoms with E-state index in [-0.39, 0.29) is 21.9 Å². The van der Waals surface area contributed by atoms with Crippen LogP contribution >= 0.6 is 0 Å². The van der Waals surface area contributed by atoms with Gasteiger partial charge in [-0.05, 0) is 45.8 Å². The Morgan fingerprint density at radius 2 is 0.638 bits per heavy atom. The summed E-state index contributed by atoms with van der Waals surface area (Å²) in [6, 6.07) is 0.984. The number of benzene rings is 5. The van der Waals surface area contributed by atoms with Gasteiger partial charge in [0.15, 0.2) is 0 Å². The van der Waals surface area contributed by atoms with Crippen molar-refractivity contribution in [3.05, 3.63) is 69.8 Å². The van der Waals surface area contributed by atoms with Crippen LogP contribution in [0.1, 0.15) is 52.6 Å². The van der Waals surface area contributed by atoms with Crippen molar-refractivity contribution in [2.75, 3.05) is 14.1 Å². The molecule has 0 spiro atoms. The van der Waals surface area contributed by atoms with Crippen LogP contribution in [0.2, 0.25) is 0 Å². The lowest BCUT2D eigenvalue weighted by atomic mass is 9.77. The molecule has 0 bridgehead atoms. The third-order valence-electron chi connectivity index (χ3n) is 10.2. The molecule has 4 amide bonds. The van der Waals surface area contributed by atoms with E-state index in [1.807, 2.05) is 0 Å². The molecule has 0 saturated heterocycles. The summed E-state index contributed by atoms with van der Waals surface area (Å²) in [6.07, 6.45) is -14.9. The Morgan fingerprint density at radius 3 is 0.914 bits per heavy atom. The average molecular weight is 854 g/mol. The molecule has 2 heterocycles. The van der Waals surface area contributed by atoms with Gasteiger partial charge in [-0.1, -0.05) is 12.1 Å². The molecule has 24 heteroatoms. The van der Waals surface area contributed by atoms with Crippen molar-refractivity contribution in [1.82, 2.24) is 9.80 Å². The van der Waals surface area contributed by atoms with Crippen molar-refractivity contribution in [2.45, 2.75) is 47.9 Å². The first-order valence-corrected chi connectivity index (χ1v) is 15.5. The highest BCUT2D eigenvalue weighted by Gasteiger charge is 2.83. The second kappa shape index (κ2) is 11.1. The van der Waals surface area contributed by atoms with Crippen LogP contribution in [0.15, 0.2) is 36.4 Å². The molecular formula is C34H12F18N2O4. The first-order valence-electron chi connectivity index (χ1n) is 15.5. The van der Waals surface area contributed by atoms with Crippen LogP contribution in [-0.2, 0) is 11.8 Å². The lowest BCUT2D eigenvalue weighted by Crippen LogP contribution is -2.59. The minimum Gasteiger partial charge on any atom is -0.277 e. The van der Waals surface area contributed by atoms with E-state index in [2.05, 4.69) is 0 Å². The van der Waals surface area contributed by atoms with Gasteiger partial charge in [-0.15, -0.1) is 0 Å². The van der Waals surface area contributed by atoms with Gasteiger partial charge in [0, 0.05) is 69.0 Å². The van der Waals surface area contributed by atoms with Crippen molar-refractivity contribution in [3.63, 3.8) is 0 Å². The zero-order valence-corrected chi connectivity index (χ0v) is 27.8. The number of nitrogens with zero attached hydrogens (tertiary/aromatic N) is 2. The third-order valence-corrected chi connectivity index (χ3v) is 10.2. The lowest BCUT2D eigenvalue weighted by molar-refractivity contribution is -0.399. The van der Waals surface area contributed by atoms with Gasteiger partial charge in [-0.3, -0.25) is 29.0 Å². The number of hydrogen-bond acceptors (Lipinski definition) is 4. The number of halogens is 18. The van der Waals surface area contributed by atoms with E-state index in [0.29, 0.717) is 38.4 Å². The number of carbonyl (C=O) groups is 4. The number of hydrogen-bond donors (Lipinski definition) is 0. The fourth-order valence-corrected chi connectivity index (χ4v) is 7.29. The average Bonchev–Trinajstić information content (AvgIpc) is 3.11. The largest absolute Gasteiger partial charge is 0.460 e. The standard InChI is InChI=1S/C34H12F18N2O4/c1-53-23(55)11-5-3-9-20-16(28(37,38)30(41,42)32(45,46)34(50,51)52)8-14-18-12(24(56)54(2)26(14)58)6-4-10(22(18)20)19-15(7-13(25(53)57)17(11)21(9)19)27(35,36)29(39,40)31(43,44)33(47,48)49/h3-8H,1-2H3. The molecule has 0 saturated carbocycles. The molecule has 0 atom stereocenters. The van der Waals surface area contributed by atoms with Crippen molar-refractivity contribution in [1.29, 1.82) is 0 Å². The maximum absolute atomic E-state index is 16.2. The van der Waals surface area contributed by atoms with E-state index in [9.17, 15) is 63.1 Å². The maximum Gasteiger partial charge on any atom is 0.460 e. The third kappa shape index (κ3) is 4.45. The van der Waals surface area contributed by atoms with E-state index >= 15 is 35.1 Å². The highest BCUT2D eigenvalue weighted by molar-refractivity contribution is 6.42. The van der Waals surface area contributed by atoms with Crippen LogP contribution in [0.4, 0.5) is 79.0 Å². The van der Waals surface area contributed by atoms with E-state index < -0.39 is 148 Å². The number of rotatable bonds is 6.